The summed E-state index contributed by atoms with van der Waals surface area (Å²) in [6, 6.07) is 0. The molecule has 0 aromatic heterocycles. The number of hydrogen-bond acceptors (Lipinski definition) is 4. The van der Waals surface area contributed by atoms with E-state index in [1.165, 1.54) is 25.9 Å². The molecule has 4 heteroatoms. The minimum atomic E-state index is -0.630. The molecule has 1 saturated heterocycles. The van der Waals surface area contributed by atoms with Gasteiger partial charge < -0.3 is 20.2 Å². The molecule has 1 rings (SSSR count). The third kappa shape index (κ3) is 5.80. The molecule has 4 nitrogen and oxygen atoms in total. The zero-order chi connectivity index (χ0) is 12.0. The molecule has 0 spiro atoms. The summed E-state index contributed by atoms with van der Waals surface area (Å²) in [5.74, 6) is 0. The van der Waals surface area contributed by atoms with Crippen LogP contribution in [0.1, 0.15) is 19.8 Å². The number of rotatable bonds is 7. The summed E-state index contributed by atoms with van der Waals surface area (Å²) in [7, 11) is 3.97. The monoisotopic (exact) mass is 229 g/mol. The molecule has 0 aliphatic carbocycles. The topological polar surface area (TPSA) is 38.7 Å². The van der Waals surface area contributed by atoms with E-state index < -0.39 is 5.60 Å². The Balaban J connectivity index is 2.04. The van der Waals surface area contributed by atoms with Gasteiger partial charge in [-0.15, -0.1) is 0 Å². The first-order valence-corrected chi connectivity index (χ1v) is 6.30. The first-order valence-electron chi connectivity index (χ1n) is 6.30. The van der Waals surface area contributed by atoms with Gasteiger partial charge in [0.1, 0.15) is 0 Å². The molecule has 0 bridgehead atoms. The van der Waals surface area contributed by atoms with Crippen LogP contribution in [0.5, 0.6) is 0 Å². The van der Waals surface area contributed by atoms with Gasteiger partial charge in [-0.25, -0.2) is 0 Å². The molecule has 1 aliphatic heterocycles. The van der Waals surface area contributed by atoms with E-state index in [1.54, 1.807) is 0 Å². The van der Waals surface area contributed by atoms with Gasteiger partial charge in [-0.05, 0) is 47.0 Å². The van der Waals surface area contributed by atoms with Gasteiger partial charge in [0.15, 0.2) is 0 Å². The Hall–Kier alpha value is -0.160. The highest BCUT2D eigenvalue weighted by Gasteiger charge is 2.20. The average molecular weight is 229 g/mol. The quantitative estimate of drug-likeness (QED) is 0.602. The first-order chi connectivity index (χ1) is 7.49. The van der Waals surface area contributed by atoms with E-state index in [2.05, 4.69) is 10.2 Å². The van der Waals surface area contributed by atoms with Crippen molar-refractivity contribution >= 4 is 0 Å². The van der Waals surface area contributed by atoms with Crippen molar-refractivity contribution in [1.29, 1.82) is 0 Å². The summed E-state index contributed by atoms with van der Waals surface area (Å²) in [6.45, 7) is 7.83. The fourth-order valence-corrected chi connectivity index (χ4v) is 2.34. The van der Waals surface area contributed by atoms with Crippen LogP contribution in [-0.4, -0.2) is 73.9 Å². The van der Waals surface area contributed by atoms with Crippen LogP contribution < -0.4 is 5.32 Å². The normalized spacial score (nSPS) is 21.6. The van der Waals surface area contributed by atoms with Crippen LogP contribution in [0, 0.1) is 0 Å². The van der Waals surface area contributed by atoms with E-state index in [-0.39, 0.29) is 0 Å². The van der Waals surface area contributed by atoms with Gasteiger partial charge in [-0.3, -0.25) is 0 Å². The Kier molecular flexibility index (Phi) is 5.69. The second-order valence-electron chi connectivity index (χ2n) is 5.46. The highest BCUT2D eigenvalue weighted by molar-refractivity contribution is 4.78. The summed E-state index contributed by atoms with van der Waals surface area (Å²) < 4.78 is 0. The standard InChI is InChI=1S/C12H27N3O/c1-12(16,11-14(2)3)10-13-6-9-15-7-4-5-8-15/h13,16H,4-11H2,1-3H3. The van der Waals surface area contributed by atoms with Crippen molar-refractivity contribution in [3.05, 3.63) is 0 Å². The van der Waals surface area contributed by atoms with E-state index in [0.29, 0.717) is 13.1 Å². The highest BCUT2D eigenvalue weighted by Crippen LogP contribution is 2.06. The summed E-state index contributed by atoms with van der Waals surface area (Å²) in [5.41, 5.74) is -0.630. The fraction of sp³-hybridized carbons (Fsp3) is 1.00. The second-order valence-corrected chi connectivity index (χ2v) is 5.46. The maximum Gasteiger partial charge on any atom is 0.0869 e. The van der Waals surface area contributed by atoms with Gasteiger partial charge in [-0.1, -0.05) is 0 Å². The molecule has 1 atom stereocenters. The first kappa shape index (κ1) is 13.9. The second kappa shape index (κ2) is 6.55. The van der Waals surface area contributed by atoms with Crippen LogP contribution in [0.3, 0.4) is 0 Å². The van der Waals surface area contributed by atoms with Crippen molar-refractivity contribution in [2.24, 2.45) is 0 Å². The SMILES string of the molecule is CN(C)CC(C)(O)CNCCN1CCCC1. The van der Waals surface area contributed by atoms with Gasteiger partial charge in [0.2, 0.25) is 0 Å². The van der Waals surface area contributed by atoms with Crippen molar-refractivity contribution in [1.82, 2.24) is 15.1 Å². The van der Waals surface area contributed by atoms with Crippen LogP contribution in [0.2, 0.25) is 0 Å². The zero-order valence-corrected chi connectivity index (χ0v) is 11.0. The molecule has 1 fully saturated rings. The third-order valence-electron chi connectivity index (χ3n) is 2.97. The molecule has 2 N–H and O–H groups in total. The fourth-order valence-electron chi connectivity index (χ4n) is 2.34. The lowest BCUT2D eigenvalue weighted by molar-refractivity contribution is 0.0336. The molecular formula is C12H27N3O. The van der Waals surface area contributed by atoms with Crippen LogP contribution in [0.25, 0.3) is 0 Å². The lowest BCUT2D eigenvalue weighted by Gasteiger charge is -2.27. The third-order valence-corrected chi connectivity index (χ3v) is 2.97. The van der Waals surface area contributed by atoms with Crippen LogP contribution >= 0.6 is 0 Å². The molecule has 0 radical (unpaired) electrons. The maximum atomic E-state index is 10.1. The maximum absolute atomic E-state index is 10.1. The molecule has 96 valence electrons. The van der Waals surface area contributed by atoms with Gasteiger partial charge >= 0.3 is 0 Å². The van der Waals surface area contributed by atoms with E-state index in [4.69, 9.17) is 0 Å². The van der Waals surface area contributed by atoms with Gasteiger partial charge in [0.05, 0.1) is 5.60 Å². The summed E-state index contributed by atoms with van der Waals surface area (Å²) in [4.78, 5) is 4.50. The predicted octanol–water partition coefficient (Wildman–Crippen LogP) is -0.0156. The molecule has 0 aromatic carbocycles. The molecule has 16 heavy (non-hydrogen) atoms. The average Bonchev–Trinajstić information content (AvgIpc) is 2.62. The Morgan fingerprint density at radius 1 is 1.31 bits per heavy atom. The van der Waals surface area contributed by atoms with Gasteiger partial charge in [0.25, 0.3) is 0 Å². The van der Waals surface area contributed by atoms with Crippen molar-refractivity contribution in [3.8, 4) is 0 Å². The molecule has 1 heterocycles. The minimum absolute atomic E-state index is 0.630. The van der Waals surface area contributed by atoms with E-state index in [1.807, 2.05) is 25.9 Å². The lowest BCUT2D eigenvalue weighted by atomic mass is 10.1. The smallest absolute Gasteiger partial charge is 0.0869 e. The largest absolute Gasteiger partial charge is 0.388 e. The number of nitrogens with zero attached hydrogens (tertiary/aromatic N) is 2. The van der Waals surface area contributed by atoms with Crippen LogP contribution in [0.15, 0.2) is 0 Å². The van der Waals surface area contributed by atoms with Crippen molar-refractivity contribution in [2.75, 3.05) is 53.4 Å². The Morgan fingerprint density at radius 3 is 2.50 bits per heavy atom. The predicted molar refractivity (Wildman–Crippen MR) is 67.7 cm³/mol. The molecule has 1 aliphatic rings. The molecule has 0 saturated carbocycles. The number of aliphatic hydroxyl groups is 1. The number of likely N-dealkylation sites (tertiary alicyclic amines) is 1. The summed E-state index contributed by atoms with van der Waals surface area (Å²) in [5, 5.41) is 13.4. The number of likely N-dealkylation sites (N-methyl/N-ethyl adjacent to an activating group) is 1. The molecule has 1 unspecified atom stereocenters. The Labute approximate surface area is 99.6 Å². The number of hydrogen-bond donors (Lipinski definition) is 2. The van der Waals surface area contributed by atoms with E-state index >= 15 is 0 Å². The van der Waals surface area contributed by atoms with Crippen molar-refractivity contribution in [2.45, 2.75) is 25.4 Å². The lowest BCUT2D eigenvalue weighted by Crippen LogP contribution is -2.46. The van der Waals surface area contributed by atoms with E-state index in [0.717, 1.165) is 13.1 Å². The van der Waals surface area contributed by atoms with Crippen LogP contribution in [0.4, 0.5) is 0 Å². The molecule has 0 aromatic rings. The molecule has 0 amide bonds. The zero-order valence-electron chi connectivity index (χ0n) is 11.0. The Bertz CT molecular complexity index is 189. The minimum Gasteiger partial charge on any atom is -0.388 e. The molecular weight excluding hydrogens is 202 g/mol. The van der Waals surface area contributed by atoms with Gasteiger partial charge in [0, 0.05) is 26.2 Å². The van der Waals surface area contributed by atoms with Crippen molar-refractivity contribution < 1.29 is 5.11 Å². The Morgan fingerprint density at radius 2 is 1.94 bits per heavy atom. The number of nitrogens with one attached hydrogen (secondary N) is 1. The van der Waals surface area contributed by atoms with E-state index in [9.17, 15) is 5.11 Å². The summed E-state index contributed by atoms with van der Waals surface area (Å²) in [6.07, 6.45) is 2.69. The van der Waals surface area contributed by atoms with Crippen molar-refractivity contribution in [3.63, 3.8) is 0 Å². The van der Waals surface area contributed by atoms with Crippen LogP contribution in [-0.2, 0) is 0 Å². The van der Waals surface area contributed by atoms with Gasteiger partial charge in [-0.2, -0.15) is 0 Å². The highest BCUT2D eigenvalue weighted by atomic mass is 16.3. The summed E-state index contributed by atoms with van der Waals surface area (Å²) >= 11 is 0.